The third-order valence-corrected chi connectivity index (χ3v) is 3.83. The Morgan fingerprint density at radius 2 is 2.00 bits per heavy atom. The largest absolute Gasteiger partial charge is 0.481 e. The Morgan fingerprint density at radius 3 is 2.55 bits per heavy atom. The average Bonchev–Trinajstić information content (AvgIpc) is 2.91. The minimum absolute atomic E-state index is 0.0487. The molecule has 3 N–H and O–H groups in total. The Morgan fingerprint density at radius 1 is 1.32 bits per heavy atom. The zero-order valence-corrected chi connectivity index (χ0v) is 13.0. The number of pyridine rings is 1. The first-order valence-corrected chi connectivity index (χ1v) is 7.62. The molecule has 2 rings (SSSR count). The molecule has 11 heteroatoms. The number of ether oxygens (including phenoxy) is 2. The summed E-state index contributed by atoms with van der Waals surface area (Å²) in [5.41, 5.74) is -0.444. The maximum Gasteiger partial charge on any atom is 0.343 e. The fourth-order valence-electron chi connectivity index (χ4n) is 1.70. The normalized spacial score (nSPS) is 11.3. The van der Waals surface area contributed by atoms with Crippen molar-refractivity contribution in [2.24, 2.45) is 5.14 Å². The second-order valence-electron chi connectivity index (χ2n) is 4.00. The van der Waals surface area contributed by atoms with Crippen LogP contribution in [0.25, 0.3) is 11.4 Å². The van der Waals surface area contributed by atoms with Gasteiger partial charge in [0.2, 0.25) is 5.88 Å². The minimum atomic E-state index is -4.23. The maximum absolute atomic E-state index is 11.9. The molecule has 0 aliphatic carbocycles. The van der Waals surface area contributed by atoms with Crippen LogP contribution >= 0.6 is 11.6 Å². The first-order valence-electron chi connectivity index (χ1n) is 5.70. The van der Waals surface area contributed by atoms with Gasteiger partial charge in [0.25, 0.3) is 10.0 Å². The highest BCUT2D eigenvalue weighted by Crippen LogP contribution is 2.31. The fraction of sp³-hybridized carbons (Fsp3) is 0.182. The van der Waals surface area contributed by atoms with Gasteiger partial charge in [0.15, 0.2) is 5.03 Å². The number of esters is 1. The SMILES string of the molecule is COC(=O)c1c(-c2nc(OC)ccc2Cl)n[nH]c1S(N)(=O)=O. The molecule has 0 fully saturated rings. The van der Waals surface area contributed by atoms with Crippen molar-refractivity contribution in [3.05, 3.63) is 22.7 Å². The number of aromatic amines is 1. The van der Waals surface area contributed by atoms with Gasteiger partial charge in [0.1, 0.15) is 17.0 Å². The number of nitrogens with zero attached hydrogens (tertiary/aromatic N) is 2. The van der Waals surface area contributed by atoms with Crippen LogP contribution in [-0.4, -0.2) is 43.8 Å². The molecule has 0 amide bonds. The standard InChI is InChI=1S/C11H11ClN4O5S/c1-20-6-4-3-5(12)8(14-6)9-7(11(17)21-2)10(16-15-9)22(13,18)19/h3-4H,1-2H3,(H,15,16)(H2,13,18,19). The topological polar surface area (TPSA) is 137 Å². The lowest BCUT2D eigenvalue weighted by Gasteiger charge is -2.06. The van der Waals surface area contributed by atoms with Crippen molar-refractivity contribution in [2.75, 3.05) is 14.2 Å². The number of halogens is 1. The van der Waals surface area contributed by atoms with E-state index < -0.39 is 21.0 Å². The lowest BCUT2D eigenvalue weighted by molar-refractivity contribution is 0.0597. The smallest absolute Gasteiger partial charge is 0.343 e. The number of nitrogens with one attached hydrogen (secondary N) is 1. The van der Waals surface area contributed by atoms with Gasteiger partial charge in [0, 0.05) is 6.07 Å². The Kier molecular flexibility index (Phi) is 4.35. The third-order valence-electron chi connectivity index (χ3n) is 2.66. The number of methoxy groups -OCH3 is 2. The average molecular weight is 347 g/mol. The van der Waals surface area contributed by atoms with Gasteiger partial charge in [0.05, 0.1) is 19.2 Å². The number of hydrogen-bond acceptors (Lipinski definition) is 7. The Labute approximate surface area is 130 Å². The highest BCUT2D eigenvalue weighted by Gasteiger charge is 2.30. The molecule has 0 unspecified atom stereocenters. The van der Waals surface area contributed by atoms with Crippen LogP contribution in [0.3, 0.4) is 0 Å². The van der Waals surface area contributed by atoms with Crippen LogP contribution in [0.15, 0.2) is 17.2 Å². The summed E-state index contributed by atoms with van der Waals surface area (Å²) < 4.78 is 32.6. The van der Waals surface area contributed by atoms with Gasteiger partial charge < -0.3 is 9.47 Å². The van der Waals surface area contributed by atoms with E-state index in [0.717, 1.165) is 7.11 Å². The third kappa shape index (κ3) is 2.89. The quantitative estimate of drug-likeness (QED) is 0.771. The Balaban J connectivity index is 2.77. The van der Waals surface area contributed by atoms with E-state index in [1.165, 1.54) is 19.2 Å². The van der Waals surface area contributed by atoms with Gasteiger partial charge in [-0.1, -0.05) is 11.6 Å². The molecule has 0 aliphatic rings. The molecule has 0 atom stereocenters. The highest BCUT2D eigenvalue weighted by molar-refractivity contribution is 7.89. The maximum atomic E-state index is 11.9. The van der Waals surface area contributed by atoms with E-state index in [-0.39, 0.29) is 27.9 Å². The fourth-order valence-corrected chi connectivity index (χ4v) is 2.53. The van der Waals surface area contributed by atoms with Crippen molar-refractivity contribution >= 4 is 27.6 Å². The van der Waals surface area contributed by atoms with Gasteiger partial charge in [-0.05, 0) is 6.07 Å². The molecule has 0 spiro atoms. The molecule has 2 heterocycles. The number of rotatable bonds is 4. The number of sulfonamides is 1. The van der Waals surface area contributed by atoms with Crippen molar-refractivity contribution in [1.29, 1.82) is 0 Å². The summed E-state index contributed by atoms with van der Waals surface area (Å²) in [6.45, 7) is 0. The summed E-state index contributed by atoms with van der Waals surface area (Å²) in [7, 11) is -1.74. The minimum Gasteiger partial charge on any atom is -0.481 e. The van der Waals surface area contributed by atoms with E-state index in [4.69, 9.17) is 21.5 Å². The van der Waals surface area contributed by atoms with Crippen molar-refractivity contribution in [2.45, 2.75) is 5.03 Å². The Hall–Kier alpha value is -2.17. The summed E-state index contributed by atoms with van der Waals surface area (Å²) in [4.78, 5) is 16.0. The van der Waals surface area contributed by atoms with Crippen LogP contribution in [0.2, 0.25) is 5.02 Å². The predicted octanol–water partition coefficient (Wildman–Crippen LogP) is 0.568. The second-order valence-corrected chi connectivity index (χ2v) is 5.90. The number of hydrogen-bond donors (Lipinski definition) is 2. The van der Waals surface area contributed by atoms with Gasteiger partial charge in [-0.25, -0.2) is 23.3 Å². The molecule has 0 saturated heterocycles. The highest BCUT2D eigenvalue weighted by atomic mass is 35.5. The molecule has 0 saturated carbocycles. The number of H-pyrrole nitrogens is 1. The molecule has 118 valence electrons. The molecule has 0 aromatic carbocycles. The van der Waals surface area contributed by atoms with Gasteiger partial charge in [-0.3, -0.25) is 5.10 Å². The molecule has 0 aliphatic heterocycles. The van der Waals surface area contributed by atoms with E-state index in [1.807, 2.05) is 0 Å². The Bertz CT molecular complexity index is 833. The van der Waals surface area contributed by atoms with E-state index in [1.54, 1.807) is 0 Å². The summed E-state index contributed by atoms with van der Waals surface area (Å²) in [5, 5.41) is 10.6. The zero-order valence-electron chi connectivity index (χ0n) is 11.5. The first-order chi connectivity index (χ1) is 10.3. The summed E-state index contributed by atoms with van der Waals surface area (Å²) in [6, 6.07) is 2.96. The van der Waals surface area contributed by atoms with Gasteiger partial charge >= 0.3 is 5.97 Å². The van der Waals surface area contributed by atoms with Gasteiger partial charge in [-0.2, -0.15) is 5.10 Å². The number of carbonyl (C=O) groups is 1. The van der Waals surface area contributed by atoms with Gasteiger partial charge in [-0.15, -0.1) is 0 Å². The van der Waals surface area contributed by atoms with Crippen LogP contribution in [0.1, 0.15) is 10.4 Å². The van der Waals surface area contributed by atoms with Crippen LogP contribution < -0.4 is 9.88 Å². The van der Waals surface area contributed by atoms with E-state index in [2.05, 4.69) is 19.9 Å². The first kappa shape index (κ1) is 16.2. The van der Waals surface area contributed by atoms with Crippen molar-refractivity contribution in [3.8, 4) is 17.3 Å². The molecule has 22 heavy (non-hydrogen) atoms. The van der Waals surface area contributed by atoms with Crippen LogP contribution in [-0.2, 0) is 14.8 Å². The molecule has 2 aromatic rings. The van der Waals surface area contributed by atoms with Crippen molar-refractivity contribution in [1.82, 2.24) is 15.2 Å². The molecular weight excluding hydrogens is 336 g/mol. The molecule has 0 bridgehead atoms. The van der Waals surface area contributed by atoms with Crippen LogP contribution in [0, 0.1) is 0 Å². The molecule has 0 radical (unpaired) electrons. The van der Waals surface area contributed by atoms with Crippen molar-refractivity contribution < 1.29 is 22.7 Å². The summed E-state index contributed by atoms with van der Waals surface area (Å²) >= 11 is 6.03. The zero-order chi connectivity index (χ0) is 16.5. The predicted molar refractivity (Wildman–Crippen MR) is 76.1 cm³/mol. The van der Waals surface area contributed by atoms with E-state index in [0.29, 0.717) is 0 Å². The lowest BCUT2D eigenvalue weighted by Crippen LogP contribution is -2.17. The molecule has 2 aromatic heterocycles. The van der Waals surface area contributed by atoms with Crippen molar-refractivity contribution in [3.63, 3.8) is 0 Å². The van der Waals surface area contributed by atoms with E-state index >= 15 is 0 Å². The number of aromatic nitrogens is 3. The number of primary sulfonamides is 1. The number of nitrogens with two attached hydrogens (primary N) is 1. The summed E-state index contributed by atoms with van der Waals surface area (Å²) in [6.07, 6.45) is 0. The monoisotopic (exact) mass is 346 g/mol. The molecular formula is C11H11ClN4O5S. The second kappa shape index (κ2) is 5.91. The van der Waals surface area contributed by atoms with Crippen LogP contribution in [0.5, 0.6) is 5.88 Å². The molecule has 9 nitrogen and oxygen atoms in total. The summed E-state index contributed by atoms with van der Waals surface area (Å²) in [5.74, 6) is -0.746. The van der Waals surface area contributed by atoms with Crippen LogP contribution in [0.4, 0.5) is 0 Å². The number of carbonyl (C=O) groups excluding carboxylic acids is 1. The van der Waals surface area contributed by atoms with E-state index in [9.17, 15) is 13.2 Å². The lowest BCUT2D eigenvalue weighted by atomic mass is 10.2.